The van der Waals surface area contributed by atoms with Crippen molar-refractivity contribution in [1.82, 2.24) is 19.4 Å². The number of hydrogen-bond donors (Lipinski definition) is 1. The number of ether oxygens (including phenoxy) is 1. The largest absolute Gasteiger partial charge is 0.379 e. The second-order valence-corrected chi connectivity index (χ2v) is 9.92. The molecule has 11 heteroatoms. The Labute approximate surface area is 186 Å². The van der Waals surface area contributed by atoms with Crippen LogP contribution in [-0.4, -0.2) is 67.0 Å². The summed E-state index contributed by atoms with van der Waals surface area (Å²) in [7, 11) is -3.41. The van der Waals surface area contributed by atoms with Gasteiger partial charge in [-0.1, -0.05) is 23.2 Å². The van der Waals surface area contributed by atoms with Gasteiger partial charge in [-0.05, 0) is 32.0 Å². The first-order valence-electron chi connectivity index (χ1n) is 9.52. The zero-order chi connectivity index (χ0) is 21.9. The lowest BCUT2D eigenvalue weighted by molar-refractivity contribution is -0.120. The Hall–Kier alpha value is -1.65. The fourth-order valence-electron chi connectivity index (χ4n) is 3.30. The molecule has 1 fully saturated rings. The molecule has 1 N–H and O–H groups in total. The number of hydrogen-bond acceptors (Lipinski definition) is 5. The minimum absolute atomic E-state index is 0.0531. The summed E-state index contributed by atoms with van der Waals surface area (Å²) in [5.41, 5.74) is 3.06. The number of aromatic nitrogens is 2. The predicted molar refractivity (Wildman–Crippen MR) is 116 cm³/mol. The van der Waals surface area contributed by atoms with Crippen LogP contribution in [0, 0.1) is 13.8 Å². The Balaban J connectivity index is 1.61. The number of nitrogens with one attached hydrogen (secondary N) is 1. The van der Waals surface area contributed by atoms with E-state index in [1.54, 1.807) is 22.9 Å². The highest BCUT2D eigenvalue weighted by Crippen LogP contribution is 2.26. The van der Waals surface area contributed by atoms with Crippen molar-refractivity contribution in [2.75, 3.05) is 38.6 Å². The molecule has 1 aromatic carbocycles. The monoisotopic (exact) mass is 474 g/mol. The van der Waals surface area contributed by atoms with Gasteiger partial charge in [0.05, 0.1) is 46.8 Å². The number of carbonyl (C=O) groups excluding carboxylic acids is 1. The van der Waals surface area contributed by atoms with E-state index >= 15 is 0 Å². The van der Waals surface area contributed by atoms with Gasteiger partial charge in [0, 0.05) is 30.9 Å². The second-order valence-electron chi connectivity index (χ2n) is 7.01. The maximum Gasteiger partial charge on any atom is 0.224 e. The third-order valence-corrected chi connectivity index (χ3v) is 7.58. The SMILES string of the molecule is Cc1nn(-c2ccc(Cl)c(Cl)c2)c(C)c1CC(=O)NCCS(=O)(=O)N1CCOCC1. The van der Waals surface area contributed by atoms with Crippen molar-refractivity contribution in [3.8, 4) is 5.69 Å². The molecule has 3 rings (SSSR count). The number of amides is 1. The van der Waals surface area contributed by atoms with Crippen LogP contribution < -0.4 is 5.32 Å². The quantitative estimate of drug-likeness (QED) is 0.662. The van der Waals surface area contributed by atoms with Crippen LogP contribution in [-0.2, 0) is 26.0 Å². The number of nitrogens with zero attached hydrogens (tertiary/aromatic N) is 3. The molecule has 0 unspecified atom stereocenters. The fraction of sp³-hybridized carbons (Fsp3) is 0.474. The van der Waals surface area contributed by atoms with E-state index in [0.717, 1.165) is 22.6 Å². The number of halogens is 2. The van der Waals surface area contributed by atoms with Gasteiger partial charge in [0.15, 0.2) is 0 Å². The van der Waals surface area contributed by atoms with Crippen LogP contribution in [0.3, 0.4) is 0 Å². The molecule has 1 amide bonds. The van der Waals surface area contributed by atoms with E-state index in [1.165, 1.54) is 4.31 Å². The Bertz CT molecular complexity index is 1030. The van der Waals surface area contributed by atoms with Crippen LogP contribution >= 0.6 is 23.2 Å². The molecule has 0 radical (unpaired) electrons. The molecule has 2 aromatic rings. The van der Waals surface area contributed by atoms with Crippen LogP contribution in [0.2, 0.25) is 10.0 Å². The van der Waals surface area contributed by atoms with E-state index in [4.69, 9.17) is 27.9 Å². The van der Waals surface area contributed by atoms with Gasteiger partial charge in [-0.15, -0.1) is 0 Å². The van der Waals surface area contributed by atoms with Gasteiger partial charge in [-0.25, -0.2) is 13.1 Å². The summed E-state index contributed by atoms with van der Waals surface area (Å²) in [5, 5.41) is 8.07. The summed E-state index contributed by atoms with van der Waals surface area (Å²) in [6.07, 6.45) is 0.108. The molecule has 0 spiro atoms. The van der Waals surface area contributed by atoms with E-state index in [9.17, 15) is 13.2 Å². The van der Waals surface area contributed by atoms with Crippen LogP contribution in [0.15, 0.2) is 18.2 Å². The summed E-state index contributed by atoms with van der Waals surface area (Å²) < 4.78 is 32.9. The number of morpholine rings is 1. The lowest BCUT2D eigenvalue weighted by Gasteiger charge is -2.26. The average Bonchev–Trinajstić information content (AvgIpc) is 2.99. The van der Waals surface area contributed by atoms with Crippen molar-refractivity contribution in [3.63, 3.8) is 0 Å². The van der Waals surface area contributed by atoms with Gasteiger partial charge in [0.2, 0.25) is 15.9 Å². The maximum atomic E-state index is 12.4. The first kappa shape index (κ1) is 23.0. The number of rotatable bonds is 7. The Morgan fingerprint density at radius 2 is 1.90 bits per heavy atom. The van der Waals surface area contributed by atoms with E-state index in [0.29, 0.717) is 36.3 Å². The van der Waals surface area contributed by atoms with Crippen molar-refractivity contribution in [3.05, 3.63) is 45.2 Å². The van der Waals surface area contributed by atoms with Crippen molar-refractivity contribution in [1.29, 1.82) is 0 Å². The molecule has 0 atom stereocenters. The van der Waals surface area contributed by atoms with Crippen LogP contribution in [0.25, 0.3) is 5.69 Å². The zero-order valence-corrected chi connectivity index (χ0v) is 19.1. The first-order chi connectivity index (χ1) is 14.2. The molecule has 1 aliphatic rings. The second kappa shape index (κ2) is 9.65. The number of aryl methyl sites for hydroxylation is 1. The smallest absolute Gasteiger partial charge is 0.224 e. The van der Waals surface area contributed by atoms with Crippen molar-refractivity contribution in [2.45, 2.75) is 20.3 Å². The fourth-order valence-corrected chi connectivity index (χ4v) is 4.91. The van der Waals surface area contributed by atoms with Gasteiger partial charge in [-0.3, -0.25) is 4.79 Å². The highest BCUT2D eigenvalue weighted by molar-refractivity contribution is 7.89. The molecule has 8 nitrogen and oxygen atoms in total. The molecule has 1 aliphatic heterocycles. The third kappa shape index (κ3) is 5.33. The van der Waals surface area contributed by atoms with Gasteiger partial charge < -0.3 is 10.1 Å². The summed E-state index contributed by atoms with van der Waals surface area (Å²) in [6, 6.07) is 5.20. The number of carbonyl (C=O) groups is 1. The van der Waals surface area contributed by atoms with Crippen LogP contribution in [0.1, 0.15) is 17.0 Å². The number of sulfonamides is 1. The van der Waals surface area contributed by atoms with E-state index in [2.05, 4.69) is 10.4 Å². The minimum atomic E-state index is -3.41. The predicted octanol–water partition coefficient (Wildman–Crippen LogP) is 2.12. The molecule has 0 bridgehead atoms. The molecule has 1 aromatic heterocycles. The average molecular weight is 475 g/mol. The topological polar surface area (TPSA) is 93.5 Å². The molecular weight excluding hydrogens is 451 g/mol. The molecule has 30 heavy (non-hydrogen) atoms. The Morgan fingerprint density at radius 1 is 1.20 bits per heavy atom. The minimum Gasteiger partial charge on any atom is -0.379 e. The lowest BCUT2D eigenvalue weighted by atomic mass is 10.1. The van der Waals surface area contributed by atoms with E-state index in [-0.39, 0.29) is 24.6 Å². The molecule has 1 saturated heterocycles. The van der Waals surface area contributed by atoms with E-state index < -0.39 is 10.0 Å². The van der Waals surface area contributed by atoms with Crippen molar-refractivity contribution >= 4 is 39.1 Å². The summed E-state index contributed by atoms with van der Waals surface area (Å²) >= 11 is 12.1. The highest BCUT2D eigenvalue weighted by atomic mass is 35.5. The van der Waals surface area contributed by atoms with Crippen LogP contribution in [0.4, 0.5) is 0 Å². The molecule has 164 valence electrons. The maximum absolute atomic E-state index is 12.4. The van der Waals surface area contributed by atoms with Crippen LogP contribution in [0.5, 0.6) is 0 Å². The number of benzene rings is 1. The molecule has 0 saturated carbocycles. The van der Waals surface area contributed by atoms with Crippen molar-refractivity contribution in [2.24, 2.45) is 0 Å². The summed E-state index contributed by atoms with van der Waals surface area (Å²) in [4.78, 5) is 12.4. The third-order valence-electron chi connectivity index (χ3n) is 4.97. The summed E-state index contributed by atoms with van der Waals surface area (Å²) in [6.45, 7) is 5.24. The highest BCUT2D eigenvalue weighted by Gasteiger charge is 2.24. The lowest BCUT2D eigenvalue weighted by Crippen LogP contribution is -2.43. The van der Waals surface area contributed by atoms with E-state index in [1.807, 2.05) is 13.8 Å². The van der Waals surface area contributed by atoms with Crippen molar-refractivity contribution < 1.29 is 17.9 Å². The molecular formula is C19H24Cl2N4O4S. The Morgan fingerprint density at radius 3 is 2.57 bits per heavy atom. The molecule has 0 aliphatic carbocycles. The standard InChI is InChI=1S/C19H24Cl2N4O4S/c1-13-16(14(2)25(23-13)15-3-4-17(20)18(21)11-15)12-19(26)22-5-10-30(27,28)24-6-8-29-9-7-24/h3-4,11H,5-10,12H2,1-2H3,(H,22,26). The normalized spacial score (nSPS) is 15.3. The van der Waals surface area contributed by atoms with Gasteiger partial charge in [0.25, 0.3) is 0 Å². The first-order valence-corrected chi connectivity index (χ1v) is 11.9. The summed E-state index contributed by atoms with van der Waals surface area (Å²) in [5.74, 6) is -0.397. The van der Waals surface area contributed by atoms with Gasteiger partial charge >= 0.3 is 0 Å². The Kier molecular flexibility index (Phi) is 7.41. The zero-order valence-electron chi connectivity index (χ0n) is 16.8. The van der Waals surface area contributed by atoms with Gasteiger partial charge in [0.1, 0.15) is 0 Å². The van der Waals surface area contributed by atoms with Gasteiger partial charge in [-0.2, -0.15) is 9.40 Å². The molecule has 2 heterocycles.